The van der Waals surface area contributed by atoms with E-state index in [-0.39, 0.29) is 11.4 Å². The maximum Gasteiger partial charge on any atom is 0.329 e. The minimum atomic E-state index is -0.990. The van der Waals surface area contributed by atoms with Crippen LogP contribution in [0.25, 0.3) is 0 Å². The van der Waals surface area contributed by atoms with E-state index in [0.717, 1.165) is 6.54 Å². The van der Waals surface area contributed by atoms with Gasteiger partial charge in [-0.2, -0.15) is 0 Å². The van der Waals surface area contributed by atoms with Crippen LogP contribution < -0.4 is 5.73 Å². The fraction of sp³-hybridized carbons (Fsp3) is 0.857. The summed E-state index contributed by atoms with van der Waals surface area (Å²) in [5.74, 6) is -0.613. The molecular formula is C14H27N3O3. The predicted molar refractivity (Wildman–Crippen MR) is 77.1 cm³/mol. The van der Waals surface area contributed by atoms with Crippen LogP contribution in [0.4, 0.5) is 0 Å². The van der Waals surface area contributed by atoms with Crippen LogP contribution in [0, 0.1) is 0 Å². The summed E-state index contributed by atoms with van der Waals surface area (Å²) < 4.78 is 4.84. The largest absolute Gasteiger partial charge is 0.467 e. The summed E-state index contributed by atoms with van der Waals surface area (Å²) in [7, 11) is 1.34. The van der Waals surface area contributed by atoms with Crippen molar-refractivity contribution in [3.05, 3.63) is 0 Å². The Hall–Kier alpha value is -1.14. The third kappa shape index (κ3) is 3.70. The van der Waals surface area contributed by atoms with Gasteiger partial charge in [0.15, 0.2) is 0 Å². The number of nitrogens with zero attached hydrogens (tertiary/aromatic N) is 2. The Labute approximate surface area is 121 Å². The van der Waals surface area contributed by atoms with Gasteiger partial charge in [0.2, 0.25) is 5.91 Å². The number of hydrogen-bond acceptors (Lipinski definition) is 5. The third-order valence-electron chi connectivity index (χ3n) is 3.61. The van der Waals surface area contributed by atoms with Crippen LogP contribution in [0.15, 0.2) is 0 Å². The van der Waals surface area contributed by atoms with E-state index in [9.17, 15) is 9.59 Å². The molecule has 1 aliphatic rings. The summed E-state index contributed by atoms with van der Waals surface area (Å²) >= 11 is 0. The molecule has 1 saturated heterocycles. The molecule has 1 aliphatic heterocycles. The summed E-state index contributed by atoms with van der Waals surface area (Å²) in [5, 5.41) is 0. The zero-order chi connectivity index (χ0) is 15.7. The molecule has 1 fully saturated rings. The zero-order valence-corrected chi connectivity index (χ0v) is 13.4. The van der Waals surface area contributed by atoms with E-state index in [1.165, 1.54) is 7.11 Å². The molecule has 20 heavy (non-hydrogen) atoms. The van der Waals surface area contributed by atoms with Gasteiger partial charge in [0.05, 0.1) is 12.6 Å². The average Bonchev–Trinajstić information content (AvgIpc) is 2.34. The van der Waals surface area contributed by atoms with Crippen molar-refractivity contribution in [3.63, 3.8) is 0 Å². The Morgan fingerprint density at radius 1 is 1.15 bits per heavy atom. The van der Waals surface area contributed by atoms with Crippen LogP contribution in [-0.4, -0.2) is 65.5 Å². The molecule has 0 spiro atoms. The van der Waals surface area contributed by atoms with Gasteiger partial charge >= 0.3 is 5.97 Å². The first-order chi connectivity index (χ1) is 8.98. The van der Waals surface area contributed by atoms with Gasteiger partial charge < -0.3 is 15.4 Å². The number of methoxy groups -OCH3 is 1. The van der Waals surface area contributed by atoms with Crippen molar-refractivity contribution in [2.45, 2.75) is 51.7 Å². The van der Waals surface area contributed by atoms with Gasteiger partial charge in [-0.05, 0) is 34.6 Å². The molecule has 0 aromatic rings. The van der Waals surface area contributed by atoms with E-state index >= 15 is 0 Å². The van der Waals surface area contributed by atoms with Gasteiger partial charge in [0, 0.05) is 25.2 Å². The summed E-state index contributed by atoms with van der Waals surface area (Å²) in [6.07, 6.45) is 0. The van der Waals surface area contributed by atoms with Crippen LogP contribution >= 0.6 is 0 Å². The molecular weight excluding hydrogens is 258 g/mol. The number of ether oxygens (including phenoxy) is 1. The van der Waals surface area contributed by atoms with E-state index in [1.54, 1.807) is 18.7 Å². The van der Waals surface area contributed by atoms with Gasteiger partial charge in [-0.3, -0.25) is 9.69 Å². The Kier molecular flexibility index (Phi) is 4.82. The van der Waals surface area contributed by atoms with Crippen LogP contribution in [0.3, 0.4) is 0 Å². The van der Waals surface area contributed by atoms with Crippen LogP contribution in [0.2, 0.25) is 0 Å². The van der Waals surface area contributed by atoms with Gasteiger partial charge in [0.25, 0.3) is 0 Å². The molecule has 0 bridgehead atoms. The molecule has 1 rings (SSSR count). The fourth-order valence-corrected chi connectivity index (χ4v) is 2.34. The number of hydrogen-bond donors (Lipinski definition) is 1. The molecule has 1 amide bonds. The highest BCUT2D eigenvalue weighted by Crippen LogP contribution is 2.22. The first-order valence-corrected chi connectivity index (χ1v) is 6.91. The van der Waals surface area contributed by atoms with Gasteiger partial charge in [-0.25, -0.2) is 4.79 Å². The van der Waals surface area contributed by atoms with Crippen LogP contribution in [0.5, 0.6) is 0 Å². The Morgan fingerprint density at radius 3 is 2.10 bits per heavy atom. The van der Waals surface area contributed by atoms with Crippen molar-refractivity contribution in [1.82, 2.24) is 9.80 Å². The minimum absolute atomic E-state index is 0.0559. The maximum absolute atomic E-state index is 12.4. The molecule has 6 nitrogen and oxygen atoms in total. The average molecular weight is 285 g/mol. The van der Waals surface area contributed by atoms with Crippen molar-refractivity contribution in [2.75, 3.05) is 26.7 Å². The molecule has 1 atom stereocenters. The molecule has 2 N–H and O–H groups in total. The summed E-state index contributed by atoms with van der Waals surface area (Å²) in [6.45, 7) is 11.2. The van der Waals surface area contributed by atoms with E-state index in [1.807, 2.05) is 0 Å². The Morgan fingerprint density at radius 2 is 1.70 bits per heavy atom. The first kappa shape index (κ1) is 16.9. The lowest BCUT2D eigenvalue weighted by molar-refractivity contribution is -0.159. The molecule has 6 heteroatoms. The molecule has 0 saturated carbocycles. The number of rotatable bonds is 2. The highest BCUT2D eigenvalue weighted by atomic mass is 16.5. The van der Waals surface area contributed by atoms with E-state index in [2.05, 4.69) is 25.7 Å². The number of amides is 1. The lowest BCUT2D eigenvalue weighted by Crippen LogP contribution is -2.65. The number of nitrogens with two attached hydrogens (primary N) is 1. The first-order valence-electron chi connectivity index (χ1n) is 6.91. The number of carbonyl (C=O) groups is 2. The lowest BCUT2D eigenvalue weighted by atomic mass is 9.99. The second kappa shape index (κ2) is 5.69. The quantitative estimate of drug-likeness (QED) is 0.734. The molecule has 116 valence electrons. The fourth-order valence-electron chi connectivity index (χ4n) is 2.34. The van der Waals surface area contributed by atoms with E-state index in [4.69, 9.17) is 10.5 Å². The smallest absolute Gasteiger partial charge is 0.329 e. The topological polar surface area (TPSA) is 75.9 Å². The van der Waals surface area contributed by atoms with Gasteiger partial charge in [0.1, 0.15) is 6.04 Å². The number of esters is 1. The standard InChI is InChI=1S/C14H27N3O3/c1-13(2,3)16-7-8-17(12(19)14(4,5)15)10(9-16)11(18)20-6/h10H,7-9,15H2,1-6H3. The molecule has 0 aliphatic carbocycles. The summed E-state index contributed by atoms with van der Waals surface area (Å²) in [6, 6.07) is -0.594. The predicted octanol–water partition coefficient (Wildman–Crippen LogP) is 0.208. The van der Waals surface area contributed by atoms with E-state index in [0.29, 0.717) is 13.1 Å². The highest BCUT2D eigenvalue weighted by molar-refractivity contribution is 5.90. The Balaban J connectivity index is 2.97. The van der Waals surface area contributed by atoms with Crippen molar-refractivity contribution < 1.29 is 14.3 Å². The van der Waals surface area contributed by atoms with Gasteiger partial charge in [-0.15, -0.1) is 0 Å². The minimum Gasteiger partial charge on any atom is -0.467 e. The monoisotopic (exact) mass is 285 g/mol. The van der Waals surface area contributed by atoms with Crippen molar-refractivity contribution >= 4 is 11.9 Å². The van der Waals surface area contributed by atoms with Crippen molar-refractivity contribution in [2.24, 2.45) is 5.73 Å². The molecule has 0 radical (unpaired) electrons. The maximum atomic E-state index is 12.4. The van der Waals surface area contributed by atoms with Gasteiger partial charge in [-0.1, -0.05) is 0 Å². The zero-order valence-electron chi connectivity index (χ0n) is 13.4. The number of piperazine rings is 1. The second-order valence-corrected chi connectivity index (χ2v) is 6.88. The summed E-state index contributed by atoms with van der Waals surface area (Å²) in [4.78, 5) is 28.1. The molecule has 1 heterocycles. The molecule has 1 unspecified atom stereocenters. The Bertz CT molecular complexity index is 382. The highest BCUT2D eigenvalue weighted by Gasteiger charge is 2.42. The van der Waals surface area contributed by atoms with Crippen molar-refractivity contribution in [3.8, 4) is 0 Å². The lowest BCUT2D eigenvalue weighted by Gasteiger charge is -2.46. The number of carbonyl (C=O) groups excluding carboxylic acids is 2. The SMILES string of the molecule is COC(=O)C1CN(C(C)(C)C)CCN1C(=O)C(C)(C)N. The van der Waals surface area contributed by atoms with Crippen molar-refractivity contribution in [1.29, 1.82) is 0 Å². The molecule has 0 aromatic carbocycles. The second-order valence-electron chi connectivity index (χ2n) is 6.88. The van der Waals surface area contributed by atoms with Crippen LogP contribution in [0.1, 0.15) is 34.6 Å². The van der Waals surface area contributed by atoms with Crippen LogP contribution in [-0.2, 0) is 14.3 Å². The van der Waals surface area contributed by atoms with E-state index < -0.39 is 17.6 Å². The molecule has 0 aromatic heterocycles. The third-order valence-corrected chi connectivity index (χ3v) is 3.61. The normalized spacial score (nSPS) is 21.8. The summed E-state index contributed by atoms with van der Waals surface area (Å²) in [5.41, 5.74) is 4.83.